The first kappa shape index (κ1) is 29.0. The Morgan fingerprint density at radius 3 is 2.40 bits per heavy atom. The van der Waals surface area contributed by atoms with Crippen LogP contribution in [0.4, 0.5) is 4.79 Å². The molecule has 1 aliphatic heterocycles. The number of carboxylic acid groups (broad SMARTS) is 1. The van der Waals surface area contributed by atoms with Gasteiger partial charge in [-0.2, -0.15) is 11.8 Å². The van der Waals surface area contributed by atoms with Crippen molar-refractivity contribution in [3.8, 4) is 0 Å². The standard InChI is InChI=1S/C26H41N3O5S/c1-17(2)13-20(27-25(33)34-26(3,4)5)16-29-15-19-10-8-7-9-18(19)14-22(29)23(30)28-21(24(31)32)11-12-35-6/h7-10,17,20-22H,11-16H2,1-6H3,(H,27,33)(H,28,30)(H,31,32)/t20?,21-,22-/m1/s1. The number of rotatable bonds is 11. The molecule has 1 heterocycles. The van der Waals surface area contributed by atoms with Gasteiger partial charge in [-0.05, 0) is 69.1 Å². The van der Waals surface area contributed by atoms with Gasteiger partial charge >= 0.3 is 12.1 Å². The maximum atomic E-state index is 13.4. The summed E-state index contributed by atoms with van der Waals surface area (Å²) < 4.78 is 5.47. The van der Waals surface area contributed by atoms with Crippen LogP contribution in [0.1, 0.15) is 58.6 Å². The summed E-state index contributed by atoms with van der Waals surface area (Å²) >= 11 is 1.55. The van der Waals surface area contributed by atoms with Crippen molar-refractivity contribution in [2.24, 2.45) is 5.92 Å². The Kier molecular flexibility index (Phi) is 10.9. The Morgan fingerprint density at radius 2 is 1.83 bits per heavy atom. The fourth-order valence-corrected chi connectivity index (χ4v) is 4.77. The number of thioether (sulfide) groups is 1. The Bertz CT molecular complexity index is 871. The molecule has 1 aliphatic rings. The molecule has 2 rings (SSSR count). The third kappa shape index (κ3) is 9.72. The van der Waals surface area contributed by atoms with Gasteiger partial charge in [-0.3, -0.25) is 9.69 Å². The van der Waals surface area contributed by atoms with Gasteiger partial charge in [0.25, 0.3) is 0 Å². The quantitative estimate of drug-likeness (QED) is 0.419. The van der Waals surface area contributed by atoms with Crippen molar-refractivity contribution in [3.05, 3.63) is 35.4 Å². The van der Waals surface area contributed by atoms with Crippen molar-refractivity contribution in [2.45, 2.75) is 84.2 Å². The van der Waals surface area contributed by atoms with E-state index in [2.05, 4.69) is 29.4 Å². The van der Waals surface area contributed by atoms with E-state index < -0.39 is 29.7 Å². The van der Waals surface area contributed by atoms with E-state index in [0.29, 0.717) is 37.6 Å². The zero-order valence-electron chi connectivity index (χ0n) is 21.8. The molecule has 0 radical (unpaired) electrons. The number of carbonyl (C=O) groups is 3. The maximum absolute atomic E-state index is 13.4. The lowest BCUT2D eigenvalue weighted by Gasteiger charge is -2.39. The van der Waals surface area contributed by atoms with E-state index in [1.807, 2.05) is 51.3 Å². The van der Waals surface area contributed by atoms with Gasteiger partial charge in [-0.25, -0.2) is 9.59 Å². The van der Waals surface area contributed by atoms with E-state index in [1.54, 1.807) is 11.8 Å². The maximum Gasteiger partial charge on any atom is 0.407 e. The number of nitrogens with one attached hydrogen (secondary N) is 2. The normalized spacial score (nSPS) is 17.9. The molecule has 8 nitrogen and oxygen atoms in total. The van der Waals surface area contributed by atoms with Crippen LogP contribution in [0, 0.1) is 5.92 Å². The third-order valence-electron chi connectivity index (χ3n) is 5.81. The van der Waals surface area contributed by atoms with E-state index in [4.69, 9.17) is 4.74 Å². The minimum absolute atomic E-state index is 0.225. The summed E-state index contributed by atoms with van der Waals surface area (Å²) in [6.07, 6.45) is 2.99. The van der Waals surface area contributed by atoms with Crippen LogP contribution >= 0.6 is 11.8 Å². The number of ether oxygens (including phenoxy) is 1. The minimum atomic E-state index is -1.03. The minimum Gasteiger partial charge on any atom is -0.480 e. The average molecular weight is 508 g/mol. The van der Waals surface area contributed by atoms with Gasteiger partial charge in [-0.1, -0.05) is 38.1 Å². The van der Waals surface area contributed by atoms with Gasteiger partial charge in [-0.15, -0.1) is 0 Å². The van der Waals surface area contributed by atoms with Crippen LogP contribution in [0.15, 0.2) is 24.3 Å². The first-order valence-electron chi connectivity index (χ1n) is 12.2. The first-order valence-corrected chi connectivity index (χ1v) is 13.6. The summed E-state index contributed by atoms with van der Waals surface area (Å²) in [5.74, 6) is -0.361. The summed E-state index contributed by atoms with van der Waals surface area (Å²) in [6.45, 7) is 10.6. The van der Waals surface area contributed by atoms with Gasteiger partial charge in [0, 0.05) is 19.1 Å². The van der Waals surface area contributed by atoms with Crippen molar-refractivity contribution in [3.63, 3.8) is 0 Å². The number of nitrogens with zero attached hydrogens (tertiary/aromatic N) is 1. The fraction of sp³-hybridized carbons (Fsp3) is 0.654. The lowest BCUT2D eigenvalue weighted by molar-refractivity contribution is -0.143. The van der Waals surface area contributed by atoms with E-state index in [9.17, 15) is 19.5 Å². The van der Waals surface area contributed by atoms with Gasteiger partial charge in [0.1, 0.15) is 11.6 Å². The summed E-state index contributed by atoms with van der Waals surface area (Å²) in [6, 6.07) is 6.31. The molecular formula is C26H41N3O5S. The largest absolute Gasteiger partial charge is 0.480 e. The smallest absolute Gasteiger partial charge is 0.407 e. The Balaban J connectivity index is 2.25. The van der Waals surface area contributed by atoms with Gasteiger partial charge in [0.2, 0.25) is 5.91 Å². The SMILES string of the molecule is CSCC[C@@H](NC(=O)[C@H]1Cc2ccccc2CN1CC(CC(C)C)NC(=O)OC(C)(C)C)C(=O)O. The number of carbonyl (C=O) groups excluding carboxylic acids is 2. The predicted molar refractivity (Wildman–Crippen MR) is 140 cm³/mol. The van der Waals surface area contributed by atoms with Crippen LogP contribution in [0.5, 0.6) is 0 Å². The molecule has 0 aromatic heterocycles. The van der Waals surface area contributed by atoms with Crippen LogP contribution in [-0.4, -0.2) is 70.3 Å². The van der Waals surface area contributed by atoms with Crippen LogP contribution in [0.25, 0.3) is 0 Å². The molecule has 9 heteroatoms. The Morgan fingerprint density at radius 1 is 1.17 bits per heavy atom. The summed E-state index contributed by atoms with van der Waals surface area (Å²) in [5, 5.41) is 15.4. The topological polar surface area (TPSA) is 108 Å². The molecular weight excluding hydrogens is 466 g/mol. The number of hydrogen-bond acceptors (Lipinski definition) is 6. The van der Waals surface area contributed by atoms with Crippen molar-refractivity contribution < 1.29 is 24.2 Å². The second kappa shape index (κ2) is 13.2. The number of hydrogen-bond donors (Lipinski definition) is 3. The summed E-state index contributed by atoms with van der Waals surface area (Å²) in [7, 11) is 0. The predicted octanol–water partition coefficient (Wildman–Crippen LogP) is 3.68. The van der Waals surface area contributed by atoms with Crippen LogP contribution in [-0.2, 0) is 27.3 Å². The van der Waals surface area contributed by atoms with Crippen molar-refractivity contribution >= 4 is 29.7 Å². The van der Waals surface area contributed by atoms with Gasteiger partial charge < -0.3 is 20.5 Å². The molecule has 0 saturated carbocycles. The molecule has 1 unspecified atom stereocenters. The number of benzene rings is 1. The molecule has 0 fully saturated rings. The zero-order chi connectivity index (χ0) is 26.2. The highest BCUT2D eigenvalue weighted by molar-refractivity contribution is 7.98. The molecule has 1 aromatic rings. The van der Waals surface area contributed by atoms with Gasteiger partial charge in [0.15, 0.2) is 0 Å². The Hall–Kier alpha value is -2.26. The molecule has 2 amide bonds. The van der Waals surface area contributed by atoms with Crippen LogP contribution < -0.4 is 10.6 Å². The second-order valence-corrected chi connectivity index (χ2v) is 11.6. The van der Waals surface area contributed by atoms with Crippen molar-refractivity contribution in [1.82, 2.24) is 15.5 Å². The highest BCUT2D eigenvalue weighted by Gasteiger charge is 2.35. The molecule has 0 bridgehead atoms. The van der Waals surface area contributed by atoms with Crippen molar-refractivity contribution in [2.75, 3.05) is 18.6 Å². The third-order valence-corrected chi connectivity index (χ3v) is 6.45. The Labute approximate surface area is 213 Å². The monoisotopic (exact) mass is 507 g/mol. The second-order valence-electron chi connectivity index (χ2n) is 10.6. The number of fused-ring (bicyclic) bond motifs is 1. The molecule has 3 N–H and O–H groups in total. The molecule has 35 heavy (non-hydrogen) atoms. The van der Waals surface area contributed by atoms with Crippen molar-refractivity contribution in [1.29, 1.82) is 0 Å². The molecule has 0 aliphatic carbocycles. The number of amides is 2. The molecule has 0 saturated heterocycles. The number of aliphatic carboxylic acids is 1. The first-order chi connectivity index (χ1) is 16.4. The lowest BCUT2D eigenvalue weighted by atomic mass is 9.92. The average Bonchev–Trinajstić information content (AvgIpc) is 2.73. The number of alkyl carbamates (subject to hydrolysis) is 1. The highest BCUT2D eigenvalue weighted by Crippen LogP contribution is 2.25. The molecule has 1 aromatic carbocycles. The van der Waals surface area contributed by atoms with E-state index in [0.717, 1.165) is 17.5 Å². The van der Waals surface area contributed by atoms with E-state index in [1.165, 1.54) is 0 Å². The summed E-state index contributed by atoms with van der Waals surface area (Å²) in [4.78, 5) is 39.7. The van der Waals surface area contributed by atoms with Crippen LogP contribution in [0.3, 0.4) is 0 Å². The van der Waals surface area contributed by atoms with E-state index in [-0.39, 0.29) is 11.9 Å². The number of carboxylic acids is 1. The molecule has 3 atom stereocenters. The zero-order valence-corrected chi connectivity index (χ0v) is 22.6. The van der Waals surface area contributed by atoms with Gasteiger partial charge in [0.05, 0.1) is 6.04 Å². The molecule has 0 spiro atoms. The highest BCUT2D eigenvalue weighted by atomic mass is 32.2. The summed E-state index contributed by atoms with van der Waals surface area (Å²) in [5.41, 5.74) is 1.61. The molecule has 196 valence electrons. The fourth-order valence-electron chi connectivity index (χ4n) is 4.29. The lowest BCUT2D eigenvalue weighted by Crippen LogP contribution is -2.57. The van der Waals surface area contributed by atoms with Crippen LogP contribution in [0.2, 0.25) is 0 Å². The van der Waals surface area contributed by atoms with E-state index >= 15 is 0 Å².